The van der Waals surface area contributed by atoms with E-state index in [1.54, 1.807) is 7.05 Å². The van der Waals surface area contributed by atoms with Gasteiger partial charge in [-0.05, 0) is 36.1 Å². The number of benzene rings is 2. The summed E-state index contributed by atoms with van der Waals surface area (Å²) in [6, 6.07) is 14.6. The van der Waals surface area contributed by atoms with Crippen molar-refractivity contribution in [3.63, 3.8) is 0 Å². The lowest BCUT2D eigenvalue weighted by molar-refractivity contribution is 0.0707. The van der Waals surface area contributed by atoms with Gasteiger partial charge < -0.3 is 25.7 Å². The zero-order valence-corrected chi connectivity index (χ0v) is 17.8. The van der Waals surface area contributed by atoms with Gasteiger partial charge >= 0.3 is 6.03 Å². The van der Waals surface area contributed by atoms with Crippen molar-refractivity contribution in [1.29, 1.82) is 0 Å². The first-order valence-electron chi connectivity index (χ1n) is 10.1. The van der Waals surface area contributed by atoms with Crippen LogP contribution in [0.5, 0.6) is 0 Å². The fourth-order valence-electron chi connectivity index (χ4n) is 4.01. The molecule has 0 unspecified atom stereocenters. The molecule has 7 heteroatoms. The largest absolute Gasteiger partial charge is 0.389 e. The standard InChI is InChI=1S/C23H26N4O2S/c1-25-23(28)26-13-15-5-6-19-20(16-3-2-4-17(12-16)22(24)30)14-27(21(19)11-15)18-7-9-29-10-8-18/h2-6,11-12,14,18H,7-10,13H2,1H3,(H2,24,30)(H2,25,26,28). The number of amides is 2. The molecule has 0 atom stereocenters. The van der Waals surface area contributed by atoms with Crippen LogP contribution in [0.1, 0.15) is 30.0 Å². The van der Waals surface area contributed by atoms with E-state index in [4.69, 9.17) is 22.7 Å². The number of carbonyl (C=O) groups excluding carboxylic acids is 1. The SMILES string of the molecule is CNC(=O)NCc1ccc2c(-c3cccc(C(N)=S)c3)cn(C3CCOCC3)c2c1. The summed E-state index contributed by atoms with van der Waals surface area (Å²) in [6.07, 6.45) is 4.20. The first kappa shape index (κ1) is 20.4. The highest BCUT2D eigenvalue weighted by Gasteiger charge is 2.20. The summed E-state index contributed by atoms with van der Waals surface area (Å²) in [5, 5.41) is 6.62. The highest BCUT2D eigenvalue weighted by molar-refractivity contribution is 7.80. The number of hydrogen-bond donors (Lipinski definition) is 3. The first-order chi connectivity index (χ1) is 14.6. The lowest BCUT2D eigenvalue weighted by Crippen LogP contribution is -2.32. The summed E-state index contributed by atoms with van der Waals surface area (Å²) in [4.78, 5) is 12.0. The number of nitrogens with two attached hydrogens (primary N) is 1. The zero-order chi connectivity index (χ0) is 21.1. The Kier molecular flexibility index (Phi) is 6.01. The van der Waals surface area contributed by atoms with Crippen molar-refractivity contribution in [1.82, 2.24) is 15.2 Å². The Labute approximate surface area is 181 Å². The van der Waals surface area contributed by atoms with Crippen LogP contribution in [-0.4, -0.2) is 35.8 Å². The number of thiocarbonyl (C=S) groups is 1. The Morgan fingerprint density at radius 3 is 2.77 bits per heavy atom. The van der Waals surface area contributed by atoms with Crippen molar-refractivity contribution < 1.29 is 9.53 Å². The van der Waals surface area contributed by atoms with Crippen LogP contribution in [0.2, 0.25) is 0 Å². The molecule has 30 heavy (non-hydrogen) atoms. The topological polar surface area (TPSA) is 81.3 Å². The van der Waals surface area contributed by atoms with E-state index < -0.39 is 0 Å². The smallest absolute Gasteiger partial charge is 0.314 e. The lowest BCUT2D eigenvalue weighted by atomic mass is 10.0. The average molecular weight is 423 g/mol. The van der Waals surface area contributed by atoms with E-state index in [9.17, 15) is 4.79 Å². The third kappa shape index (κ3) is 4.17. The molecular formula is C23H26N4O2S. The van der Waals surface area contributed by atoms with Crippen LogP contribution in [0.25, 0.3) is 22.0 Å². The Morgan fingerprint density at radius 2 is 2.03 bits per heavy atom. The van der Waals surface area contributed by atoms with Gasteiger partial charge in [0.1, 0.15) is 4.99 Å². The second-order valence-electron chi connectivity index (χ2n) is 7.52. The van der Waals surface area contributed by atoms with Gasteiger partial charge in [0.25, 0.3) is 0 Å². The molecule has 0 aliphatic carbocycles. The number of nitrogens with one attached hydrogen (secondary N) is 2. The van der Waals surface area contributed by atoms with Crippen molar-refractivity contribution in [2.75, 3.05) is 20.3 Å². The molecule has 1 aliphatic heterocycles. The molecule has 4 N–H and O–H groups in total. The van der Waals surface area contributed by atoms with E-state index in [0.29, 0.717) is 17.6 Å². The van der Waals surface area contributed by atoms with E-state index in [-0.39, 0.29) is 6.03 Å². The van der Waals surface area contributed by atoms with Gasteiger partial charge in [-0.1, -0.05) is 42.5 Å². The van der Waals surface area contributed by atoms with E-state index >= 15 is 0 Å². The highest BCUT2D eigenvalue weighted by atomic mass is 32.1. The minimum atomic E-state index is -0.190. The Morgan fingerprint density at radius 1 is 1.23 bits per heavy atom. The molecule has 4 rings (SSSR count). The zero-order valence-electron chi connectivity index (χ0n) is 17.0. The summed E-state index contributed by atoms with van der Waals surface area (Å²) in [5.74, 6) is 0. The van der Waals surface area contributed by atoms with Crippen LogP contribution in [0.4, 0.5) is 4.79 Å². The van der Waals surface area contributed by atoms with Gasteiger partial charge in [0.15, 0.2) is 0 Å². The Hall–Kier alpha value is -2.90. The Bertz CT molecular complexity index is 1090. The van der Waals surface area contributed by atoms with Gasteiger partial charge in [-0.2, -0.15) is 0 Å². The van der Waals surface area contributed by atoms with Crippen molar-refractivity contribution in [3.05, 3.63) is 59.8 Å². The summed E-state index contributed by atoms with van der Waals surface area (Å²) in [6.45, 7) is 2.02. The molecule has 1 fully saturated rings. The van der Waals surface area contributed by atoms with Gasteiger partial charge in [0.05, 0.1) is 0 Å². The number of rotatable bonds is 5. The fourth-order valence-corrected chi connectivity index (χ4v) is 4.14. The third-order valence-corrected chi connectivity index (χ3v) is 5.86. The minimum Gasteiger partial charge on any atom is -0.389 e. The van der Waals surface area contributed by atoms with Crippen molar-refractivity contribution in [2.45, 2.75) is 25.4 Å². The van der Waals surface area contributed by atoms with Gasteiger partial charge in [0.2, 0.25) is 0 Å². The Balaban J connectivity index is 1.79. The van der Waals surface area contributed by atoms with E-state index in [2.05, 4.69) is 45.7 Å². The second-order valence-corrected chi connectivity index (χ2v) is 7.96. The summed E-state index contributed by atoms with van der Waals surface area (Å²) in [5.41, 5.74) is 11.2. The number of ether oxygens (including phenoxy) is 1. The molecule has 0 saturated carbocycles. The monoisotopic (exact) mass is 422 g/mol. The summed E-state index contributed by atoms with van der Waals surface area (Å²) >= 11 is 5.17. The number of carbonyl (C=O) groups is 1. The van der Waals surface area contributed by atoms with Gasteiger partial charge in [0, 0.05) is 61.1 Å². The molecule has 2 aromatic carbocycles. The van der Waals surface area contributed by atoms with Crippen LogP contribution in [0.3, 0.4) is 0 Å². The summed E-state index contributed by atoms with van der Waals surface area (Å²) < 4.78 is 7.94. The molecule has 1 saturated heterocycles. The van der Waals surface area contributed by atoms with Crippen LogP contribution in [0, 0.1) is 0 Å². The molecule has 3 aromatic rings. The number of aromatic nitrogens is 1. The lowest BCUT2D eigenvalue weighted by Gasteiger charge is -2.24. The molecule has 2 heterocycles. The third-order valence-electron chi connectivity index (χ3n) is 5.62. The number of nitrogens with zero attached hydrogens (tertiary/aromatic N) is 1. The van der Waals surface area contributed by atoms with Gasteiger partial charge in [-0.15, -0.1) is 0 Å². The maximum atomic E-state index is 11.6. The van der Waals surface area contributed by atoms with Gasteiger partial charge in [-0.25, -0.2) is 4.79 Å². The second kappa shape index (κ2) is 8.85. The first-order valence-corrected chi connectivity index (χ1v) is 10.5. The van der Waals surface area contributed by atoms with Crippen molar-refractivity contribution >= 4 is 34.1 Å². The van der Waals surface area contributed by atoms with Gasteiger partial charge in [-0.3, -0.25) is 0 Å². The number of urea groups is 1. The van der Waals surface area contributed by atoms with Crippen molar-refractivity contribution in [2.24, 2.45) is 5.73 Å². The van der Waals surface area contributed by atoms with Crippen LogP contribution in [-0.2, 0) is 11.3 Å². The van der Waals surface area contributed by atoms with E-state index in [1.807, 2.05) is 18.2 Å². The van der Waals surface area contributed by atoms with E-state index in [0.717, 1.165) is 53.8 Å². The molecule has 1 aliphatic rings. The molecular weight excluding hydrogens is 396 g/mol. The van der Waals surface area contributed by atoms with Crippen molar-refractivity contribution in [3.8, 4) is 11.1 Å². The average Bonchev–Trinajstić information content (AvgIpc) is 3.17. The predicted molar refractivity (Wildman–Crippen MR) is 124 cm³/mol. The molecule has 2 amide bonds. The minimum absolute atomic E-state index is 0.190. The summed E-state index contributed by atoms with van der Waals surface area (Å²) in [7, 11) is 1.61. The maximum Gasteiger partial charge on any atom is 0.314 e. The quantitative estimate of drug-likeness (QED) is 0.548. The molecule has 1 aromatic heterocycles. The molecule has 6 nitrogen and oxygen atoms in total. The predicted octanol–water partition coefficient (Wildman–Crippen LogP) is 3.72. The molecule has 0 radical (unpaired) electrons. The molecule has 156 valence electrons. The normalized spacial score (nSPS) is 14.6. The number of fused-ring (bicyclic) bond motifs is 1. The van der Waals surface area contributed by atoms with Crippen LogP contribution >= 0.6 is 12.2 Å². The highest BCUT2D eigenvalue weighted by Crippen LogP contribution is 2.36. The maximum absolute atomic E-state index is 11.6. The molecule has 0 spiro atoms. The van der Waals surface area contributed by atoms with Crippen LogP contribution < -0.4 is 16.4 Å². The van der Waals surface area contributed by atoms with E-state index in [1.165, 1.54) is 5.39 Å². The number of hydrogen-bond acceptors (Lipinski definition) is 3. The fraction of sp³-hybridized carbons (Fsp3) is 0.304. The molecule has 0 bridgehead atoms. The van der Waals surface area contributed by atoms with Crippen LogP contribution in [0.15, 0.2) is 48.7 Å².